The molecule has 2 aliphatic rings. The molecule has 1 N–H and O–H groups in total. The first-order valence-electron chi connectivity index (χ1n) is 9.91. The molecule has 1 saturated heterocycles. The van der Waals surface area contributed by atoms with Crippen LogP contribution in [0.2, 0.25) is 0 Å². The van der Waals surface area contributed by atoms with E-state index in [0.717, 1.165) is 27.8 Å². The van der Waals surface area contributed by atoms with Gasteiger partial charge in [-0.05, 0) is 41.2 Å². The monoisotopic (exact) mass is 369 g/mol. The number of carbonyl (C=O) groups excluding carboxylic acids is 1. The maximum absolute atomic E-state index is 13.3. The molecule has 1 amide bonds. The molecule has 1 unspecified atom stereocenters. The zero-order valence-electron chi connectivity index (χ0n) is 15.9. The van der Waals surface area contributed by atoms with Crippen LogP contribution in [0, 0.1) is 0 Å². The maximum Gasteiger partial charge on any atom is 0.224 e. The average Bonchev–Trinajstić information content (AvgIpc) is 3.25. The third kappa shape index (κ3) is 2.17. The number of carbonyl (C=O) groups is 1. The summed E-state index contributed by atoms with van der Waals surface area (Å²) in [6.07, 6.45) is 0.552. The topological polar surface area (TPSA) is 40.5 Å². The Morgan fingerprint density at radius 1 is 0.893 bits per heavy atom. The molecule has 3 aromatic rings. The van der Waals surface area contributed by atoms with Crippen LogP contribution in [0.4, 0.5) is 0 Å². The molecule has 0 aromatic heterocycles. The summed E-state index contributed by atoms with van der Waals surface area (Å²) in [6, 6.07) is 26.8. The standard InChI is InChI=1S/C25H23NO2/c1-17(27)23-15-16-24(28)26(23)25(18-9-3-2-4-10-18)21-13-7-5-11-19(21)20-12-6-8-14-22(20)25/h2-14,17,23,27H,15-16H2,1H3/t17?,23-/m0/s1. The first-order valence-corrected chi connectivity index (χ1v) is 9.91. The molecule has 0 saturated carbocycles. The molecule has 3 heteroatoms. The molecule has 0 spiro atoms. The second kappa shape index (κ2) is 6.32. The van der Waals surface area contributed by atoms with Gasteiger partial charge in [0, 0.05) is 6.42 Å². The van der Waals surface area contributed by atoms with E-state index in [0.29, 0.717) is 12.8 Å². The molecule has 5 rings (SSSR count). The van der Waals surface area contributed by atoms with Gasteiger partial charge in [0.15, 0.2) is 0 Å². The Morgan fingerprint density at radius 2 is 1.43 bits per heavy atom. The molecule has 1 aliphatic carbocycles. The fourth-order valence-corrected chi connectivity index (χ4v) is 5.20. The van der Waals surface area contributed by atoms with Crippen molar-refractivity contribution in [2.45, 2.75) is 37.5 Å². The Hall–Kier alpha value is -2.91. The molecule has 3 nitrogen and oxygen atoms in total. The van der Waals surface area contributed by atoms with Crippen LogP contribution in [-0.4, -0.2) is 28.1 Å². The molecule has 1 aliphatic heterocycles. The van der Waals surface area contributed by atoms with E-state index < -0.39 is 11.6 Å². The van der Waals surface area contributed by atoms with Gasteiger partial charge in [-0.25, -0.2) is 0 Å². The predicted octanol–water partition coefficient (Wildman–Crippen LogP) is 4.33. The van der Waals surface area contributed by atoms with Crippen LogP contribution in [0.25, 0.3) is 11.1 Å². The van der Waals surface area contributed by atoms with Crippen molar-refractivity contribution < 1.29 is 9.90 Å². The summed E-state index contributed by atoms with van der Waals surface area (Å²) in [7, 11) is 0. The smallest absolute Gasteiger partial charge is 0.224 e. The van der Waals surface area contributed by atoms with E-state index in [1.165, 1.54) is 0 Å². The van der Waals surface area contributed by atoms with Gasteiger partial charge in [0.05, 0.1) is 12.1 Å². The fourth-order valence-electron chi connectivity index (χ4n) is 5.20. The number of nitrogens with zero attached hydrogens (tertiary/aromatic N) is 1. The summed E-state index contributed by atoms with van der Waals surface area (Å²) >= 11 is 0. The number of rotatable bonds is 3. The summed E-state index contributed by atoms with van der Waals surface area (Å²) in [6.45, 7) is 1.79. The Balaban J connectivity index is 1.91. The highest BCUT2D eigenvalue weighted by atomic mass is 16.3. The minimum Gasteiger partial charge on any atom is -0.391 e. The van der Waals surface area contributed by atoms with Crippen LogP contribution in [-0.2, 0) is 10.3 Å². The fraction of sp³-hybridized carbons (Fsp3) is 0.240. The third-order valence-corrected chi connectivity index (χ3v) is 6.29. The van der Waals surface area contributed by atoms with Crippen LogP contribution in [0.3, 0.4) is 0 Å². The van der Waals surface area contributed by atoms with E-state index in [2.05, 4.69) is 48.5 Å². The number of fused-ring (bicyclic) bond motifs is 3. The molecule has 2 atom stereocenters. The van der Waals surface area contributed by atoms with E-state index in [1.54, 1.807) is 6.92 Å². The average molecular weight is 369 g/mol. The molecule has 1 heterocycles. The van der Waals surface area contributed by atoms with Crippen LogP contribution < -0.4 is 0 Å². The van der Waals surface area contributed by atoms with Crippen molar-refractivity contribution in [2.75, 3.05) is 0 Å². The lowest BCUT2D eigenvalue weighted by Crippen LogP contribution is -2.54. The molecule has 140 valence electrons. The lowest BCUT2D eigenvalue weighted by molar-refractivity contribution is -0.134. The number of likely N-dealkylation sites (tertiary alicyclic amines) is 1. The van der Waals surface area contributed by atoms with Gasteiger partial charge in [-0.2, -0.15) is 0 Å². The van der Waals surface area contributed by atoms with E-state index in [4.69, 9.17) is 0 Å². The van der Waals surface area contributed by atoms with Crippen molar-refractivity contribution >= 4 is 5.91 Å². The van der Waals surface area contributed by atoms with Crippen molar-refractivity contribution in [1.82, 2.24) is 4.90 Å². The number of aliphatic hydroxyl groups is 1. The van der Waals surface area contributed by atoms with E-state index in [-0.39, 0.29) is 11.9 Å². The zero-order chi connectivity index (χ0) is 19.3. The molecular formula is C25H23NO2. The van der Waals surface area contributed by atoms with E-state index in [9.17, 15) is 9.90 Å². The Labute approximate surface area is 165 Å². The second-order valence-corrected chi connectivity index (χ2v) is 7.78. The summed E-state index contributed by atoms with van der Waals surface area (Å²) < 4.78 is 0. The van der Waals surface area contributed by atoms with Crippen molar-refractivity contribution in [1.29, 1.82) is 0 Å². The largest absolute Gasteiger partial charge is 0.391 e. The van der Waals surface area contributed by atoms with E-state index in [1.807, 2.05) is 35.2 Å². The van der Waals surface area contributed by atoms with Gasteiger partial charge < -0.3 is 10.0 Å². The summed E-state index contributed by atoms with van der Waals surface area (Å²) in [5.74, 6) is 0.0984. The van der Waals surface area contributed by atoms with Crippen molar-refractivity contribution in [3.8, 4) is 11.1 Å². The first-order chi connectivity index (χ1) is 13.7. The quantitative estimate of drug-likeness (QED) is 0.746. The number of hydrogen-bond acceptors (Lipinski definition) is 2. The highest BCUT2D eigenvalue weighted by Crippen LogP contribution is 2.56. The summed E-state index contributed by atoms with van der Waals surface area (Å²) in [4.78, 5) is 15.3. The van der Waals surface area contributed by atoms with Crippen molar-refractivity contribution in [3.05, 3.63) is 95.6 Å². The SMILES string of the molecule is CC(O)[C@@H]1CCC(=O)N1C1(c2ccccc2)c2ccccc2-c2ccccc21. The zero-order valence-corrected chi connectivity index (χ0v) is 15.9. The second-order valence-electron chi connectivity index (χ2n) is 7.78. The number of benzene rings is 3. The maximum atomic E-state index is 13.3. The molecule has 3 aromatic carbocycles. The van der Waals surface area contributed by atoms with Gasteiger partial charge in [0.25, 0.3) is 0 Å². The normalized spacial score (nSPS) is 20.7. The molecule has 0 bridgehead atoms. The summed E-state index contributed by atoms with van der Waals surface area (Å²) in [5, 5.41) is 10.6. The van der Waals surface area contributed by atoms with E-state index >= 15 is 0 Å². The van der Waals surface area contributed by atoms with Gasteiger partial charge >= 0.3 is 0 Å². The van der Waals surface area contributed by atoms with Crippen LogP contribution in [0.15, 0.2) is 78.9 Å². The molecule has 28 heavy (non-hydrogen) atoms. The Kier molecular flexibility index (Phi) is 3.88. The minimum atomic E-state index is -0.719. The highest BCUT2D eigenvalue weighted by molar-refractivity contribution is 5.89. The van der Waals surface area contributed by atoms with Gasteiger partial charge in [-0.15, -0.1) is 0 Å². The predicted molar refractivity (Wildman–Crippen MR) is 110 cm³/mol. The van der Waals surface area contributed by atoms with Gasteiger partial charge in [0.2, 0.25) is 5.91 Å². The molecular weight excluding hydrogens is 346 g/mol. The lowest BCUT2D eigenvalue weighted by Gasteiger charge is -2.45. The van der Waals surface area contributed by atoms with Gasteiger partial charge in [-0.3, -0.25) is 4.79 Å². The number of amides is 1. The first kappa shape index (κ1) is 17.2. The van der Waals surface area contributed by atoms with Crippen LogP contribution >= 0.6 is 0 Å². The van der Waals surface area contributed by atoms with Crippen LogP contribution in [0.1, 0.15) is 36.5 Å². The Bertz CT molecular complexity index is 996. The molecule has 0 radical (unpaired) electrons. The molecule has 1 fully saturated rings. The van der Waals surface area contributed by atoms with Crippen molar-refractivity contribution in [3.63, 3.8) is 0 Å². The van der Waals surface area contributed by atoms with Gasteiger partial charge in [-0.1, -0.05) is 78.9 Å². The number of hydrogen-bond donors (Lipinski definition) is 1. The van der Waals surface area contributed by atoms with Crippen molar-refractivity contribution in [2.24, 2.45) is 0 Å². The lowest BCUT2D eigenvalue weighted by atomic mass is 9.78. The summed E-state index contributed by atoms with van der Waals surface area (Å²) in [5.41, 5.74) is 4.89. The van der Waals surface area contributed by atoms with Gasteiger partial charge in [0.1, 0.15) is 5.54 Å². The minimum absolute atomic E-state index is 0.0984. The highest BCUT2D eigenvalue weighted by Gasteiger charge is 2.55. The van der Waals surface area contributed by atoms with Crippen LogP contribution in [0.5, 0.6) is 0 Å². The third-order valence-electron chi connectivity index (χ3n) is 6.29. The Morgan fingerprint density at radius 3 is 2.00 bits per heavy atom. The number of aliphatic hydroxyl groups excluding tert-OH is 1.